The molecule has 25 heavy (non-hydrogen) atoms. The number of nitriles is 1. The number of hydrogen-bond donors (Lipinski definition) is 1. The molecule has 0 saturated heterocycles. The van der Waals surface area contributed by atoms with Gasteiger partial charge in [0.05, 0.1) is 23.7 Å². The number of amides is 1. The Kier molecular flexibility index (Phi) is 5.22. The van der Waals surface area contributed by atoms with Gasteiger partial charge in [-0.25, -0.2) is 4.98 Å². The molecule has 0 spiro atoms. The Balaban J connectivity index is 1.63. The van der Waals surface area contributed by atoms with Crippen LogP contribution in [-0.2, 0) is 17.6 Å². The number of aromatic nitrogens is 1. The molecule has 3 rings (SSSR count). The van der Waals surface area contributed by atoms with Gasteiger partial charge in [0.1, 0.15) is 5.01 Å². The predicted octanol–water partition coefficient (Wildman–Crippen LogP) is 4.43. The van der Waals surface area contributed by atoms with E-state index in [0.29, 0.717) is 11.3 Å². The number of carbonyl (C=O) groups excluding carboxylic acids is 1. The van der Waals surface area contributed by atoms with E-state index in [1.165, 1.54) is 5.56 Å². The van der Waals surface area contributed by atoms with Crippen LogP contribution < -0.4 is 5.32 Å². The second kappa shape index (κ2) is 7.73. The molecule has 0 aliphatic heterocycles. The van der Waals surface area contributed by atoms with E-state index in [-0.39, 0.29) is 12.3 Å². The van der Waals surface area contributed by atoms with Crippen LogP contribution in [0.4, 0.5) is 5.69 Å². The summed E-state index contributed by atoms with van der Waals surface area (Å²) in [5.74, 6) is -0.122. The quantitative estimate of drug-likeness (QED) is 0.743. The standard InChI is InChI=1S/C20H17N3OS/c1-2-14-3-7-16(8-4-14)20-23-18(13-25-20)11-19(24)22-17-9-5-15(12-21)6-10-17/h3-10,13H,2,11H2,1H3,(H,22,24). The SMILES string of the molecule is CCc1ccc(-c2nc(CC(=O)Nc3ccc(C#N)cc3)cs2)cc1. The highest BCUT2D eigenvalue weighted by molar-refractivity contribution is 7.13. The van der Waals surface area contributed by atoms with Gasteiger partial charge in [-0.3, -0.25) is 4.79 Å². The van der Waals surface area contributed by atoms with Crippen molar-refractivity contribution < 1.29 is 4.79 Å². The van der Waals surface area contributed by atoms with Crippen molar-refractivity contribution in [3.63, 3.8) is 0 Å². The van der Waals surface area contributed by atoms with Crippen LogP contribution in [0, 0.1) is 11.3 Å². The highest BCUT2D eigenvalue weighted by Gasteiger charge is 2.09. The van der Waals surface area contributed by atoms with E-state index in [1.54, 1.807) is 35.6 Å². The van der Waals surface area contributed by atoms with Gasteiger partial charge in [-0.05, 0) is 36.2 Å². The van der Waals surface area contributed by atoms with Gasteiger partial charge in [0.15, 0.2) is 0 Å². The zero-order valence-corrected chi connectivity index (χ0v) is 14.6. The number of rotatable bonds is 5. The molecule has 0 aliphatic rings. The van der Waals surface area contributed by atoms with Gasteiger partial charge < -0.3 is 5.32 Å². The molecule has 3 aromatic rings. The number of carbonyl (C=O) groups is 1. The molecule has 5 heteroatoms. The average Bonchev–Trinajstić information content (AvgIpc) is 3.10. The number of aryl methyl sites for hydroxylation is 1. The van der Waals surface area contributed by atoms with Gasteiger partial charge in [-0.1, -0.05) is 31.2 Å². The molecule has 4 nitrogen and oxygen atoms in total. The minimum atomic E-state index is -0.122. The molecule has 0 unspecified atom stereocenters. The van der Waals surface area contributed by atoms with Crippen LogP contribution in [0.25, 0.3) is 10.6 Å². The van der Waals surface area contributed by atoms with Crippen molar-refractivity contribution in [3.8, 4) is 16.6 Å². The number of thiazole rings is 1. The van der Waals surface area contributed by atoms with Gasteiger partial charge in [0.2, 0.25) is 5.91 Å². The summed E-state index contributed by atoms with van der Waals surface area (Å²) in [6, 6.07) is 17.2. The third kappa shape index (κ3) is 4.31. The van der Waals surface area contributed by atoms with E-state index in [1.807, 2.05) is 5.38 Å². The van der Waals surface area contributed by atoms with Crippen LogP contribution >= 0.6 is 11.3 Å². The van der Waals surface area contributed by atoms with E-state index in [0.717, 1.165) is 22.7 Å². The first-order valence-corrected chi connectivity index (χ1v) is 8.89. The van der Waals surface area contributed by atoms with Crippen molar-refractivity contribution in [2.45, 2.75) is 19.8 Å². The van der Waals surface area contributed by atoms with Gasteiger partial charge in [0.25, 0.3) is 0 Å². The molecule has 2 aromatic carbocycles. The maximum absolute atomic E-state index is 12.2. The largest absolute Gasteiger partial charge is 0.326 e. The Morgan fingerprint density at radius 3 is 2.52 bits per heavy atom. The van der Waals surface area contributed by atoms with E-state index < -0.39 is 0 Å². The molecular weight excluding hydrogens is 330 g/mol. The molecule has 0 aliphatic carbocycles. The lowest BCUT2D eigenvalue weighted by molar-refractivity contribution is -0.115. The summed E-state index contributed by atoms with van der Waals surface area (Å²) in [4.78, 5) is 16.7. The molecule has 1 N–H and O–H groups in total. The van der Waals surface area contributed by atoms with Crippen molar-refractivity contribution >= 4 is 22.9 Å². The summed E-state index contributed by atoms with van der Waals surface area (Å²) in [6.45, 7) is 2.13. The third-order valence-corrected chi connectivity index (χ3v) is 4.74. The van der Waals surface area contributed by atoms with E-state index in [9.17, 15) is 4.79 Å². The van der Waals surface area contributed by atoms with Crippen molar-refractivity contribution in [1.82, 2.24) is 4.98 Å². The fraction of sp³-hybridized carbons (Fsp3) is 0.150. The fourth-order valence-electron chi connectivity index (χ4n) is 2.40. The maximum Gasteiger partial charge on any atom is 0.230 e. The minimum Gasteiger partial charge on any atom is -0.326 e. The molecule has 124 valence electrons. The van der Waals surface area contributed by atoms with E-state index >= 15 is 0 Å². The molecule has 0 saturated carbocycles. The fourth-order valence-corrected chi connectivity index (χ4v) is 3.23. The van der Waals surface area contributed by atoms with Crippen molar-refractivity contribution in [2.75, 3.05) is 5.32 Å². The van der Waals surface area contributed by atoms with Crippen LogP contribution in [-0.4, -0.2) is 10.9 Å². The minimum absolute atomic E-state index is 0.122. The Hall–Kier alpha value is -2.97. The van der Waals surface area contributed by atoms with Crippen LogP contribution in [0.15, 0.2) is 53.9 Å². The zero-order chi connectivity index (χ0) is 17.6. The zero-order valence-electron chi connectivity index (χ0n) is 13.8. The topological polar surface area (TPSA) is 65.8 Å². The van der Waals surface area contributed by atoms with E-state index in [4.69, 9.17) is 5.26 Å². The molecule has 1 amide bonds. The highest BCUT2D eigenvalue weighted by atomic mass is 32.1. The summed E-state index contributed by atoms with van der Waals surface area (Å²) in [5.41, 5.74) is 4.36. The number of hydrogen-bond acceptors (Lipinski definition) is 4. The lowest BCUT2D eigenvalue weighted by Gasteiger charge is -2.03. The molecule has 0 bridgehead atoms. The second-order valence-electron chi connectivity index (χ2n) is 5.61. The Bertz CT molecular complexity index is 905. The molecule has 1 heterocycles. The third-order valence-electron chi connectivity index (χ3n) is 3.80. The first-order chi connectivity index (χ1) is 12.2. The normalized spacial score (nSPS) is 10.2. The Morgan fingerprint density at radius 2 is 1.88 bits per heavy atom. The number of nitrogens with zero attached hydrogens (tertiary/aromatic N) is 2. The van der Waals surface area contributed by atoms with Crippen LogP contribution in [0.5, 0.6) is 0 Å². The smallest absolute Gasteiger partial charge is 0.230 e. The van der Waals surface area contributed by atoms with Crippen molar-refractivity contribution in [2.24, 2.45) is 0 Å². The molecule has 1 aromatic heterocycles. The molecule has 0 radical (unpaired) electrons. The number of anilines is 1. The van der Waals surface area contributed by atoms with Crippen molar-refractivity contribution in [1.29, 1.82) is 5.26 Å². The highest BCUT2D eigenvalue weighted by Crippen LogP contribution is 2.24. The molecule has 0 atom stereocenters. The summed E-state index contributed by atoms with van der Waals surface area (Å²) in [6.07, 6.45) is 1.24. The van der Waals surface area contributed by atoms with Gasteiger partial charge in [0, 0.05) is 16.6 Å². The lowest BCUT2D eigenvalue weighted by Crippen LogP contribution is -2.14. The van der Waals surface area contributed by atoms with Gasteiger partial charge in [-0.2, -0.15) is 5.26 Å². The first-order valence-electron chi connectivity index (χ1n) is 8.01. The van der Waals surface area contributed by atoms with Crippen LogP contribution in [0.2, 0.25) is 0 Å². The average molecular weight is 347 g/mol. The van der Waals surface area contributed by atoms with Crippen LogP contribution in [0.3, 0.4) is 0 Å². The Labute approximate surface area is 150 Å². The molecular formula is C20H17N3OS. The predicted molar refractivity (Wildman–Crippen MR) is 100 cm³/mol. The van der Waals surface area contributed by atoms with Crippen molar-refractivity contribution in [3.05, 3.63) is 70.7 Å². The monoisotopic (exact) mass is 347 g/mol. The molecule has 0 fully saturated rings. The summed E-state index contributed by atoms with van der Waals surface area (Å²) < 4.78 is 0. The Morgan fingerprint density at radius 1 is 1.16 bits per heavy atom. The summed E-state index contributed by atoms with van der Waals surface area (Å²) in [7, 11) is 0. The van der Waals surface area contributed by atoms with Gasteiger partial charge in [-0.15, -0.1) is 11.3 Å². The first kappa shape index (κ1) is 16.9. The second-order valence-corrected chi connectivity index (χ2v) is 6.47. The maximum atomic E-state index is 12.2. The lowest BCUT2D eigenvalue weighted by atomic mass is 10.1. The summed E-state index contributed by atoms with van der Waals surface area (Å²) in [5, 5.41) is 14.4. The van der Waals surface area contributed by atoms with Crippen LogP contribution in [0.1, 0.15) is 23.7 Å². The summed E-state index contributed by atoms with van der Waals surface area (Å²) >= 11 is 1.54. The number of nitrogens with one attached hydrogen (secondary N) is 1. The van der Waals surface area contributed by atoms with E-state index in [2.05, 4.69) is 47.6 Å². The number of benzene rings is 2. The van der Waals surface area contributed by atoms with Gasteiger partial charge >= 0.3 is 0 Å².